The second-order valence-electron chi connectivity index (χ2n) is 6.37. The zero-order valence-corrected chi connectivity index (χ0v) is 18.6. The van der Waals surface area contributed by atoms with E-state index in [1.807, 2.05) is 6.07 Å². The highest BCUT2D eigenvalue weighted by atomic mass is 32.2. The van der Waals surface area contributed by atoms with Gasteiger partial charge in [0.15, 0.2) is 0 Å². The molecule has 2 rings (SSSR count). The van der Waals surface area contributed by atoms with Crippen molar-refractivity contribution in [1.82, 2.24) is 0 Å². The van der Waals surface area contributed by atoms with Crippen molar-refractivity contribution < 1.29 is 27.2 Å². The summed E-state index contributed by atoms with van der Waals surface area (Å²) in [5.74, 6) is 0.181. The minimum atomic E-state index is -4.19. The molecular formula is C21H30N2O6S. The van der Waals surface area contributed by atoms with E-state index in [1.165, 1.54) is 30.3 Å². The molecule has 0 spiro atoms. The number of likely N-dealkylation sites (N-methyl/N-ethyl adjacent to an activating group) is 1. The average Bonchev–Trinajstić information content (AvgIpc) is 2.66. The first kappa shape index (κ1) is 25.3. The van der Waals surface area contributed by atoms with E-state index in [0.29, 0.717) is 19.0 Å². The van der Waals surface area contributed by atoms with E-state index in [-0.39, 0.29) is 16.6 Å². The molecule has 0 bridgehead atoms. The summed E-state index contributed by atoms with van der Waals surface area (Å²) in [5, 5.41) is 0. The molecule has 8 nitrogen and oxygen atoms in total. The van der Waals surface area contributed by atoms with Gasteiger partial charge >= 0.3 is 5.97 Å². The normalized spacial score (nSPS) is 10.6. The molecule has 0 saturated heterocycles. The van der Waals surface area contributed by atoms with Crippen molar-refractivity contribution in [3.05, 3.63) is 48.0 Å². The van der Waals surface area contributed by atoms with Crippen molar-refractivity contribution in [3.63, 3.8) is 0 Å². The molecule has 2 aromatic carbocycles. The lowest BCUT2D eigenvalue weighted by Crippen LogP contribution is -2.27. The molecule has 0 saturated carbocycles. The number of carbonyl (C=O) groups is 1. The van der Waals surface area contributed by atoms with E-state index >= 15 is 0 Å². The molecule has 3 N–H and O–H groups in total. The number of nitrogens with two attached hydrogens (primary N) is 1. The van der Waals surface area contributed by atoms with Crippen LogP contribution in [-0.2, 0) is 19.6 Å². The zero-order valence-electron chi connectivity index (χ0n) is 17.8. The summed E-state index contributed by atoms with van der Waals surface area (Å²) in [4.78, 5) is 12.6. The third kappa shape index (κ3) is 8.71. The second kappa shape index (κ2) is 12.0. The Hall–Kier alpha value is -2.78. The fraction of sp³-hybridized carbons (Fsp3) is 0.381. The predicted octanol–water partition coefficient (Wildman–Crippen LogP) is 3.30. The lowest BCUT2D eigenvalue weighted by atomic mass is 10.2. The van der Waals surface area contributed by atoms with Crippen molar-refractivity contribution >= 4 is 27.5 Å². The first-order valence-electron chi connectivity index (χ1n) is 9.53. The maximum absolute atomic E-state index is 10.7. The first-order valence-corrected chi connectivity index (χ1v) is 11.0. The van der Waals surface area contributed by atoms with Crippen LogP contribution in [-0.4, -0.2) is 45.2 Å². The van der Waals surface area contributed by atoms with Crippen LogP contribution < -0.4 is 15.4 Å². The van der Waals surface area contributed by atoms with Crippen LogP contribution in [0.4, 0.5) is 11.4 Å². The molecule has 0 aliphatic carbocycles. The van der Waals surface area contributed by atoms with Crippen LogP contribution >= 0.6 is 0 Å². The van der Waals surface area contributed by atoms with Crippen molar-refractivity contribution in [2.24, 2.45) is 0 Å². The third-order valence-electron chi connectivity index (χ3n) is 3.99. The minimum absolute atomic E-state index is 0.182. The van der Waals surface area contributed by atoms with Gasteiger partial charge in [-0.3, -0.25) is 9.35 Å². The summed E-state index contributed by atoms with van der Waals surface area (Å²) >= 11 is 0. The molecule has 0 radical (unpaired) electrons. The van der Waals surface area contributed by atoms with Gasteiger partial charge in [0.25, 0.3) is 10.1 Å². The fourth-order valence-corrected chi connectivity index (χ4v) is 3.08. The zero-order chi connectivity index (χ0) is 22.7. The highest BCUT2D eigenvalue weighted by Crippen LogP contribution is 2.24. The van der Waals surface area contributed by atoms with Gasteiger partial charge in [-0.2, -0.15) is 8.42 Å². The Bertz CT molecular complexity index is 931. The topological polar surface area (TPSA) is 119 Å². The molecule has 2 aromatic rings. The molecule has 9 heteroatoms. The highest BCUT2D eigenvalue weighted by molar-refractivity contribution is 7.85. The number of aryl methyl sites for hydroxylation is 1. The molecule has 0 unspecified atom stereocenters. The van der Waals surface area contributed by atoms with Crippen LogP contribution in [0.2, 0.25) is 0 Å². The average molecular weight is 439 g/mol. The molecular weight excluding hydrogens is 408 g/mol. The number of nitrogens with zero attached hydrogens (tertiary/aromatic N) is 1. The van der Waals surface area contributed by atoms with Crippen molar-refractivity contribution in [2.45, 2.75) is 32.6 Å². The molecule has 0 aliphatic heterocycles. The van der Waals surface area contributed by atoms with Crippen LogP contribution in [0.5, 0.6) is 5.75 Å². The molecule has 0 atom stereocenters. The molecule has 0 amide bonds. The maximum Gasteiger partial charge on any atom is 0.302 e. The van der Waals surface area contributed by atoms with Gasteiger partial charge in [0.2, 0.25) is 0 Å². The van der Waals surface area contributed by atoms with Gasteiger partial charge in [-0.25, -0.2) is 0 Å². The molecule has 0 aromatic heterocycles. The SMILES string of the molecule is CCN(CCOC(C)=O)c1cccc(C)c1.CCOc1ccc(S(=O)(=O)O)cc1N. The minimum Gasteiger partial charge on any atom is -0.492 e. The Morgan fingerprint density at radius 3 is 2.37 bits per heavy atom. The maximum atomic E-state index is 10.7. The first-order chi connectivity index (χ1) is 14.1. The summed E-state index contributed by atoms with van der Waals surface area (Å²) in [6.45, 7) is 9.91. The van der Waals surface area contributed by atoms with Gasteiger partial charge < -0.3 is 20.1 Å². The number of esters is 1. The summed E-state index contributed by atoms with van der Waals surface area (Å²) in [6, 6.07) is 12.1. The van der Waals surface area contributed by atoms with E-state index in [9.17, 15) is 13.2 Å². The lowest BCUT2D eigenvalue weighted by Gasteiger charge is -2.23. The number of carbonyl (C=O) groups excluding carboxylic acids is 1. The number of ether oxygens (including phenoxy) is 2. The number of rotatable bonds is 8. The molecule has 166 valence electrons. The molecule has 0 aliphatic rings. The molecule has 30 heavy (non-hydrogen) atoms. The van der Waals surface area contributed by atoms with E-state index in [2.05, 4.69) is 36.9 Å². The van der Waals surface area contributed by atoms with Gasteiger partial charge in [0.05, 0.1) is 23.7 Å². The summed E-state index contributed by atoms with van der Waals surface area (Å²) in [7, 11) is -4.19. The van der Waals surface area contributed by atoms with E-state index in [1.54, 1.807) is 6.92 Å². The summed E-state index contributed by atoms with van der Waals surface area (Å²) < 4.78 is 40.2. The Labute approximate surface area is 178 Å². The molecule has 0 heterocycles. The van der Waals surface area contributed by atoms with Crippen LogP contribution in [0.1, 0.15) is 26.3 Å². The number of benzene rings is 2. The largest absolute Gasteiger partial charge is 0.492 e. The Kier molecular flexibility index (Phi) is 10.1. The number of anilines is 2. The standard InChI is InChI=1S/C13H19NO2.C8H11NO4S/c1-4-14(8-9-16-12(3)15)13-7-5-6-11(2)10-13;1-2-13-8-4-3-6(5-7(8)9)14(10,11)12/h5-7,10H,4,8-9H2,1-3H3;3-5H,2,9H2,1H3,(H,10,11,12). The van der Waals surface area contributed by atoms with E-state index in [0.717, 1.165) is 19.2 Å². The predicted molar refractivity (Wildman–Crippen MR) is 118 cm³/mol. The Balaban J connectivity index is 0.000000303. The van der Waals surface area contributed by atoms with E-state index in [4.69, 9.17) is 19.8 Å². The number of hydrogen-bond donors (Lipinski definition) is 2. The third-order valence-corrected chi connectivity index (χ3v) is 4.84. The van der Waals surface area contributed by atoms with Crippen LogP contribution in [0.3, 0.4) is 0 Å². The van der Waals surface area contributed by atoms with Crippen molar-refractivity contribution in [2.75, 3.05) is 36.9 Å². The van der Waals surface area contributed by atoms with Crippen LogP contribution in [0.15, 0.2) is 47.4 Å². The number of hydrogen-bond acceptors (Lipinski definition) is 7. The van der Waals surface area contributed by atoms with Crippen LogP contribution in [0, 0.1) is 6.92 Å². The highest BCUT2D eigenvalue weighted by Gasteiger charge is 2.11. The monoisotopic (exact) mass is 438 g/mol. The van der Waals surface area contributed by atoms with Gasteiger partial charge in [-0.15, -0.1) is 0 Å². The van der Waals surface area contributed by atoms with Gasteiger partial charge in [-0.1, -0.05) is 12.1 Å². The quantitative estimate of drug-likeness (QED) is 0.366. The lowest BCUT2D eigenvalue weighted by molar-refractivity contribution is -0.140. The van der Waals surface area contributed by atoms with Gasteiger partial charge in [-0.05, 0) is 56.7 Å². The summed E-state index contributed by atoms with van der Waals surface area (Å²) in [5.41, 5.74) is 8.10. The molecule has 0 fully saturated rings. The fourth-order valence-electron chi connectivity index (χ4n) is 2.57. The van der Waals surface area contributed by atoms with Crippen molar-refractivity contribution in [3.8, 4) is 5.75 Å². The second-order valence-corrected chi connectivity index (χ2v) is 7.79. The Morgan fingerprint density at radius 2 is 1.87 bits per heavy atom. The smallest absolute Gasteiger partial charge is 0.302 e. The van der Waals surface area contributed by atoms with Crippen molar-refractivity contribution in [1.29, 1.82) is 0 Å². The van der Waals surface area contributed by atoms with Crippen LogP contribution in [0.25, 0.3) is 0 Å². The van der Waals surface area contributed by atoms with E-state index < -0.39 is 10.1 Å². The Morgan fingerprint density at radius 1 is 1.17 bits per heavy atom. The van der Waals surface area contributed by atoms with Gasteiger partial charge in [0, 0.05) is 19.2 Å². The van der Waals surface area contributed by atoms with Gasteiger partial charge in [0.1, 0.15) is 12.4 Å². The summed E-state index contributed by atoms with van der Waals surface area (Å²) in [6.07, 6.45) is 0. The number of nitrogen functional groups attached to an aromatic ring is 1.